The van der Waals surface area contributed by atoms with Crippen molar-refractivity contribution in [3.8, 4) is 0 Å². The van der Waals surface area contributed by atoms with Crippen LogP contribution in [0.3, 0.4) is 0 Å². The molecule has 0 saturated carbocycles. The number of hydrogen-bond donors (Lipinski definition) is 1. The fourth-order valence-corrected chi connectivity index (χ4v) is 3.18. The van der Waals surface area contributed by atoms with Gasteiger partial charge in [0.15, 0.2) is 5.16 Å². The number of fused-ring (bicyclic) bond motifs is 1. The SMILES string of the molecule is O=c1[nH]c(SC[C@@H]2CCCCO2)nc2ccccc12. The van der Waals surface area contributed by atoms with Crippen LogP contribution < -0.4 is 5.56 Å². The first-order chi connectivity index (χ1) is 9.33. The molecule has 2 aromatic rings. The van der Waals surface area contributed by atoms with Gasteiger partial charge in [-0.25, -0.2) is 4.98 Å². The van der Waals surface area contributed by atoms with Crippen LogP contribution in [0, 0.1) is 0 Å². The molecule has 19 heavy (non-hydrogen) atoms. The maximum absolute atomic E-state index is 11.9. The summed E-state index contributed by atoms with van der Waals surface area (Å²) in [6.45, 7) is 0.854. The molecule has 0 aliphatic carbocycles. The van der Waals surface area contributed by atoms with Gasteiger partial charge in [-0.2, -0.15) is 0 Å². The maximum Gasteiger partial charge on any atom is 0.259 e. The van der Waals surface area contributed by atoms with Gasteiger partial charge in [0.25, 0.3) is 5.56 Å². The molecule has 0 bridgehead atoms. The Morgan fingerprint density at radius 2 is 2.26 bits per heavy atom. The average Bonchev–Trinajstić information content (AvgIpc) is 2.46. The third-order valence-corrected chi connectivity index (χ3v) is 4.28. The van der Waals surface area contributed by atoms with Crippen molar-refractivity contribution in [3.63, 3.8) is 0 Å². The summed E-state index contributed by atoms with van der Waals surface area (Å²) in [4.78, 5) is 19.2. The second-order valence-corrected chi connectivity index (χ2v) is 5.70. The van der Waals surface area contributed by atoms with Gasteiger partial charge >= 0.3 is 0 Å². The molecule has 1 N–H and O–H groups in total. The molecule has 5 heteroatoms. The zero-order valence-electron chi connectivity index (χ0n) is 10.6. The van der Waals surface area contributed by atoms with Crippen LogP contribution in [-0.2, 0) is 4.74 Å². The normalized spacial score (nSPS) is 19.7. The Labute approximate surface area is 115 Å². The summed E-state index contributed by atoms with van der Waals surface area (Å²) in [5, 5.41) is 1.32. The van der Waals surface area contributed by atoms with Crippen LogP contribution in [0.15, 0.2) is 34.2 Å². The van der Waals surface area contributed by atoms with Crippen molar-refractivity contribution < 1.29 is 4.74 Å². The first-order valence-electron chi connectivity index (χ1n) is 6.56. The lowest BCUT2D eigenvalue weighted by Crippen LogP contribution is -2.21. The van der Waals surface area contributed by atoms with Crippen molar-refractivity contribution in [2.24, 2.45) is 0 Å². The molecule has 0 radical (unpaired) electrons. The number of rotatable bonds is 3. The van der Waals surface area contributed by atoms with E-state index < -0.39 is 0 Å². The highest BCUT2D eigenvalue weighted by atomic mass is 32.2. The van der Waals surface area contributed by atoms with Crippen LogP contribution in [0.5, 0.6) is 0 Å². The highest BCUT2D eigenvalue weighted by molar-refractivity contribution is 7.99. The topological polar surface area (TPSA) is 55.0 Å². The van der Waals surface area contributed by atoms with E-state index in [-0.39, 0.29) is 11.7 Å². The predicted octanol–water partition coefficient (Wildman–Crippen LogP) is 2.58. The molecule has 1 saturated heterocycles. The number of ether oxygens (including phenoxy) is 1. The Balaban J connectivity index is 1.75. The van der Waals surface area contributed by atoms with Gasteiger partial charge in [-0.05, 0) is 31.4 Å². The fourth-order valence-electron chi connectivity index (χ4n) is 2.24. The summed E-state index contributed by atoms with van der Waals surface area (Å²) in [6.07, 6.45) is 3.78. The van der Waals surface area contributed by atoms with Gasteiger partial charge < -0.3 is 9.72 Å². The van der Waals surface area contributed by atoms with Gasteiger partial charge in [-0.1, -0.05) is 23.9 Å². The van der Waals surface area contributed by atoms with E-state index in [0.717, 1.165) is 30.7 Å². The molecule has 2 heterocycles. The number of para-hydroxylation sites is 1. The largest absolute Gasteiger partial charge is 0.377 e. The molecule has 100 valence electrons. The van der Waals surface area contributed by atoms with Gasteiger partial charge in [0.1, 0.15) is 0 Å². The third-order valence-electron chi connectivity index (χ3n) is 3.27. The lowest BCUT2D eigenvalue weighted by atomic mass is 10.1. The van der Waals surface area contributed by atoms with E-state index in [2.05, 4.69) is 9.97 Å². The molecule has 1 atom stereocenters. The van der Waals surface area contributed by atoms with E-state index >= 15 is 0 Å². The summed E-state index contributed by atoms with van der Waals surface area (Å²) in [6, 6.07) is 7.40. The fraction of sp³-hybridized carbons (Fsp3) is 0.429. The lowest BCUT2D eigenvalue weighted by Gasteiger charge is -2.21. The summed E-state index contributed by atoms with van der Waals surface area (Å²) >= 11 is 1.56. The molecule has 1 aliphatic rings. The van der Waals surface area contributed by atoms with E-state index in [0.29, 0.717) is 10.5 Å². The van der Waals surface area contributed by atoms with Gasteiger partial charge in [-0.15, -0.1) is 0 Å². The van der Waals surface area contributed by atoms with Crippen molar-refractivity contribution in [1.29, 1.82) is 0 Å². The summed E-state index contributed by atoms with van der Waals surface area (Å²) in [5.41, 5.74) is 0.677. The summed E-state index contributed by atoms with van der Waals surface area (Å²) in [5.74, 6) is 0.848. The van der Waals surface area contributed by atoms with E-state index in [1.165, 1.54) is 6.42 Å². The molecule has 1 fully saturated rings. The molecule has 0 spiro atoms. The molecule has 3 rings (SSSR count). The minimum Gasteiger partial charge on any atom is -0.377 e. The number of H-pyrrole nitrogens is 1. The Hall–Kier alpha value is -1.33. The molecule has 1 aromatic heterocycles. The molecule has 4 nitrogen and oxygen atoms in total. The number of aromatic amines is 1. The van der Waals surface area contributed by atoms with E-state index in [1.807, 2.05) is 18.2 Å². The Kier molecular flexibility index (Phi) is 3.84. The lowest BCUT2D eigenvalue weighted by molar-refractivity contribution is 0.0315. The minimum absolute atomic E-state index is 0.0716. The average molecular weight is 276 g/mol. The molecular formula is C14H16N2O2S. The molecule has 1 aromatic carbocycles. The summed E-state index contributed by atoms with van der Waals surface area (Å²) in [7, 11) is 0. The van der Waals surface area contributed by atoms with Crippen LogP contribution in [0.2, 0.25) is 0 Å². The maximum atomic E-state index is 11.9. The van der Waals surface area contributed by atoms with Crippen molar-refractivity contribution in [3.05, 3.63) is 34.6 Å². The summed E-state index contributed by atoms with van der Waals surface area (Å²) < 4.78 is 5.68. The standard InChI is InChI=1S/C14H16N2O2S/c17-13-11-6-1-2-7-12(11)15-14(16-13)19-9-10-5-3-4-8-18-10/h1-2,6-7,10H,3-5,8-9H2,(H,15,16,17)/t10-/m0/s1. The second kappa shape index (κ2) is 5.75. The van der Waals surface area contributed by atoms with E-state index in [4.69, 9.17) is 4.74 Å². The van der Waals surface area contributed by atoms with Crippen molar-refractivity contribution in [2.75, 3.05) is 12.4 Å². The predicted molar refractivity (Wildman–Crippen MR) is 76.7 cm³/mol. The van der Waals surface area contributed by atoms with Gasteiger partial charge in [0.2, 0.25) is 0 Å². The van der Waals surface area contributed by atoms with Crippen LogP contribution in [0.25, 0.3) is 10.9 Å². The quantitative estimate of drug-likeness (QED) is 0.691. The van der Waals surface area contributed by atoms with E-state index in [9.17, 15) is 4.79 Å². The van der Waals surface area contributed by atoms with Gasteiger partial charge in [0, 0.05) is 12.4 Å². The molecule has 0 unspecified atom stereocenters. The number of thioether (sulfide) groups is 1. The van der Waals surface area contributed by atoms with Crippen LogP contribution in [0.1, 0.15) is 19.3 Å². The zero-order chi connectivity index (χ0) is 13.1. The highest BCUT2D eigenvalue weighted by Crippen LogP contribution is 2.21. The Morgan fingerprint density at radius 3 is 3.11 bits per heavy atom. The first kappa shape index (κ1) is 12.7. The number of nitrogens with zero attached hydrogens (tertiary/aromatic N) is 1. The minimum atomic E-state index is -0.0716. The molecule has 1 aliphatic heterocycles. The van der Waals surface area contributed by atoms with Gasteiger partial charge in [0.05, 0.1) is 17.0 Å². The number of aromatic nitrogens is 2. The van der Waals surface area contributed by atoms with Crippen molar-refractivity contribution >= 4 is 22.7 Å². The third kappa shape index (κ3) is 2.98. The van der Waals surface area contributed by atoms with Crippen LogP contribution in [0.4, 0.5) is 0 Å². The number of benzene rings is 1. The van der Waals surface area contributed by atoms with Crippen molar-refractivity contribution in [1.82, 2.24) is 9.97 Å². The number of hydrogen-bond acceptors (Lipinski definition) is 4. The zero-order valence-corrected chi connectivity index (χ0v) is 11.4. The second-order valence-electron chi connectivity index (χ2n) is 4.69. The Bertz CT molecular complexity index is 620. The first-order valence-corrected chi connectivity index (χ1v) is 7.55. The Morgan fingerprint density at radius 1 is 1.37 bits per heavy atom. The number of nitrogens with one attached hydrogen (secondary N) is 1. The molecule has 0 amide bonds. The van der Waals surface area contributed by atoms with E-state index in [1.54, 1.807) is 17.8 Å². The monoisotopic (exact) mass is 276 g/mol. The smallest absolute Gasteiger partial charge is 0.259 e. The van der Waals surface area contributed by atoms with Gasteiger partial charge in [-0.3, -0.25) is 4.79 Å². The highest BCUT2D eigenvalue weighted by Gasteiger charge is 2.14. The van der Waals surface area contributed by atoms with Crippen molar-refractivity contribution in [2.45, 2.75) is 30.5 Å². The molecular weight excluding hydrogens is 260 g/mol. The van der Waals surface area contributed by atoms with Crippen LogP contribution in [-0.4, -0.2) is 28.4 Å². The van der Waals surface area contributed by atoms with Crippen LogP contribution >= 0.6 is 11.8 Å².